The summed E-state index contributed by atoms with van der Waals surface area (Å²) in [5, 5.41) is 21.4. The van der Waals surface area contributed by atoms with Crippen LogP contribution in [0.25, 0.3) is 0 Å². The summed E-state index contributed by atoms with van der Waals surface area (Å²) in [5.74, 6) is -2.53. The molecule has 0 spiro atoms. The zero-order valence-electron chi connectivity index (χ0n) is 8.63. The molecule has 0 aromatic rings. The number of ether oxygens (including phenoxy) is 1. The molecule has 0 aliphatic carbocycles. The standard InChI is InChI=1S/C7H12N2O6/c1-4-15-6(10)7(5(2)3,8(11)12)9(13)14/h5H,4H2,1-3H3. The number of carbonyl (C=O) groups is 1. The summed E-state index contributed by atoms with van der Waals surface area (Å²) >= 11 is 0. The Kier molecular flexibility index (Phi) is 4.13. The predicted octanol–water partition coefficient (Wildman–Crippen LogP) is 0.455. The Morgan fingerprint density at radius 3 is 1.93 bits per heavy atom. The van der Waals surface area contributed by atoms with Crippen LogP contribution in [0.2, 0.25) is 0 Å². The maximum atomic E-state index is 11.3. The van der Waals surface area contributed by atoms with E-state index in [1.807, 2.05) is 0 Å². The molecular weight excluding hydrogens is 208 g/mol. The van der Waals surface area contributed by atoms with E-state index < -0.39 is 27.4 Å². The Morgan fingerprint density at radius 2 is 1.73 bits per heavy atom. The molecule has 86 valence electrons. The predicted molar refractivity (Wildman–Crippen MR) is 48.2 cm³/mol. The van der Waals surface area contributed by atoms with Crippen molar-refractivity contribution in [1.29, 1.82) is 0 Å². The number of hydrogen-bond acceptors (Lipinski definition) is 6. The van der Waals surface area contributed by atoms with Crippen LogP contribution >= 0.6 is 0 Å². The van der Waals surface area contributed by atoms with Crippen molar-refractivity contribution in [3.05, 3.63) is 20.2 Å². The Bertz CT molecular complexity index is 273. The van der Waals surface area contributed by atoms with Crippen molar-refractivity contribution in [1.82, 2.24) is 0 Å². The van der Waals surface area contributed by atoms with E-state index in [2.05, 4.69) is 4.74 Å². The Balaban J connectivity index is 5.43. The molecular formula is C7H12N2O6. The average molecular weight is 220 g/mol. The smallest absolute Gasteiger partial charge is 0.455 e. The van der Waals surface area contributed by atoms with Gasteiger partial charge in [0.2, 0.25) is 0 Å². The van der Waals surface area contributed by atoms with Gasteiger partial charge in [-0.15, -0.1) is 0 Å². The topological polar surface area (TPSA) is 113 Å². The molecule has 0 aromatic carbocycles. The molecule has 0 bridgehead atoms. The van der Waals surface area contributed by atoms with Crippen molar-refractivity contribution in [3.8, 4) is 0 Å². The van der Waals surface area contributed by atoms with Gasteiger partial charge in [-0.3, -0.25) is 20.2 Å². The molecule has 15 heavy (non-hydrogen) atoms. The molecule has 8 heteroatoms. The van der Waals surface area contributed by atoms with Crippen molar-refractivity contribution in [2.24, 2.45) is 5.92 Å². The van der Waals surface area contributed by atoms with Gasteiger partial charge in [0.25, 0.3) is 0 Å². The quantitative estimate of drug-likeness (QED) is 0.288. The van der Waals surface area contributed by atoms with Gasteiger partial charge in [-0.1, -0.05) is 0 Å². The maximum absolute atomic E-state index is 11.3. The van der Waals surface area contributed by atoms with Crippen LogP contribution in [-0.4, -0.2) is 28.1 Å². The highest BCUT2D eigenvalue weighted by Gasteiger charge is 2.68. The average Bonchev–Trinajstić information content (AvgIpc) is 2.02. The number of carbonyl (C=O) groups excluding carboxylic acids is 1. The van der Waals surface area contributed by atoms with Crippen LogP contribution in [0.1, 0.15) is 20.8 Å². The lowest BCUT2D eigenvalue weighted by atomic mass is 9.97. The molecule has 0 heterocycles. The minimum absolute atomic E-state index is 0.144. The van der Waals surface area contributed by atoms with Crippen molar-refractivity contribution < 1.29 is 19.4 Å². The molecule has 0 N–H and O–H groups in total. The number of hydrogen-bond donors (Lipinski definition) is 0. The summed E-state index contributed by atoms with van der Waals surface area (Å²) in [5.41, 5.74) is -2.91. The molecule has 0 aromatic heterocycles. The molecule has 0 aliphatic rings. The number of rotatable bonds is 5. The first-order valence-electron chi connectivity index (χ1n) is 4.27. The van der Waals surface area contributed by atoms with Gasteiger partial charge in [0.15, 0.2) is 0 Å². The fraction of sp³-hybridized carbons (Fsp3) is 0.857. The van der Waals surface area contributed by atoms with Gasteiger partial charge in [0.1, 0.15) is 15.8 Å². The summed E-state index contributed by atoms with van der Waals surface area (Å²) in [6, 6.07) is 0. The van der Waals surface area contributed by atoms with E-state index in [0.29, 0.717) is 0 Å². The fourth-order valence-electron chi connectivity index (χ4n) is 1.11. The van der Waals surface area contributed by atoms with Crippen LogP contribution in [0, 0.1) is 26.1 Å². The summed E-state index contributed by atoms with van der Waals surface area (Å²) in [7, 11) is 0. The van der Waals surface area contributed by atoms with Crippen LogP contribution in [0.15, 0.2) is 0 Å². The molecule has 0 rings (SSSR count). The van der Waals surface area contributed by atoms with E-state index >= 15 is 0 Å². The monoisotopic (exact) mass is 220 g/mol. The second-order valence-corrected chi connectivity index (χ2v) is 3.12. The van der Waals surface area contributed by atoms with E-state index in [1.165, 1.54) is 20.8 Å². The van der Waals surface area contributed by atoms with E-state index in [0.717, 1.165) is 0 Å². The number of esters is 1. The minimum atomic E-state index is -2.91. The lowest BCUT2D eigenvalue weighted by Crippen LogP contribution is -2.58. The first-order chi connectivity index (χ1) is 6.81. The van der Waals surface area contributed by atoms with Gasteiger partial charge in [0, 0.05) is 0 Å². The van der Waals surface area contributed by atoms with Crippen molar-refractivity contribution >= 4 is 5.97 Å². The van der Waals surface area contributed by atoms with Gasteiger partial charge < -0.3 is 4.74 Å². The van der Waals surface area contributed by atoms with Crippen LogP contribution in [-0.2, 0) is 9.53 Å². The van der Waals surface area contributed by atoms with E-state index in [1.54, 1.807) is 0 Å². The Morgan fingerprint density at radius 1 is 1.33 bits per heavy atom. The van der Waals surface area contributed by atoms with Crippen LogP contribution in [0.3, 0.4) is 0 Å². The first-order valence-corrected chi connectivity index (χ1v) is 4.27. The highest BCUT2D eigenvalue weighted by molar-refractivity contribution is 5.77. The van der Waals surface area contributed by atoms with Crippen molar-refractivity contribution in [2.45, 2.75) is 26.4 Å². The van der Waals surface area contributed by atoms with Gasteiger partial charge in [-0.2, -0.15) is 0 Å². The van der Waals surface area contributed by atoms with E-state index in [-0.39, 0.29) is 6.61 Å². The Hall–Kier alpha value is -1.73. The van der Waals surface area contributed by atoms with Gasteiger partial charge in [-0.05, 0) is 20.8 Å². The SMILES string of the molecule is CCOC(=O)C(C(C)C)([N+](=O)[O-])[N+](=O)[O-]. The molecule has 0 amide bonds. The zero-order valence-corrected chi connectivity index (χ0v) is 8.63. The molecule has 0 saturated heterocycles. The van der Waals surface area contributed by atoms with Crippen molar-refractivity contribution in [3.63, 3.8) is 0 Å². The molecule has 0 fully saturated rings. The molecule has 0 saturated carbocycles. The lowest BCUT2D eigenvalue weighted by Gasteiger charge is -2.17. The molecule has 0 atom stereocenters. The van der Waals surface area contributed by atoms with Gasteiger partial charge in [-0.25, -0.2) is 4.79 Å². The molecule has 0 radical (unpaired) electrons. The second kappa shape index (κ2) is 4.67. The van der Waals surface area contributed by atoms with Gasteiger partial charge in [0.05, 0.1) is 6.61 Å². The van der Waals surface area contributed by atoms with Crippen LogP contribution in [0.4, 0.5) is 0 Å². The molecule has 8 nitrogen and oxygen atoms in total. The highest BCUT2D eigenvalue weighted by atomic mass is 16.7. The third-order valence-electron chi connectivity index (χ3n) is 1.94. The lowest BCUT2D eigenvalue weighted by molar-refractivity contribution is -0.786. The third kappa shape index (κ3) is 2.03. The zero-order chi connectivity index (χ0) is 12.2. The summed E-state index contributed by atoms with van der Waals surface area (Å²) in [4.78, 5) is 30.2. The van der Waals surface area contributed by atoms with Crippen LogP contribution in [0.5, 0.6) is 0 Å². The summed E-state index contributed by atoms with van der Waals surface area (Å²) < 4.78 is 4.37. The number of nitrogens with zero attached hydrogens (tertiary/aromatic N) is 2. The number of nitro groups is 2. The first kappa shape index (κ1) is 13.3. The van der Waals surface area contributed by atoms with Gasteiger partial charge >= 0.3 is 11.6 Å². The normalized spacial score (nSPS) is 11.2. The summed E-state index contributed by atoms with van der Waals surface area (Å²) in [6.07, 6.45) is 0. The highest BCUT2D eigenvalue weighted by Crippen LogP contribution is 2.23. The largest absolute Gasteiger partial charge is 0.554 e. The molecule has 0 unspecified atom stereocenters. The fourth-order valence-corrected chi connectivity index (χ4v) is 1.11. The van der Waals surface area contributed by atoms with Crippen molar-refractivity contribution in [2.75, 3.05) is 6.61 Å². The van der Waals surface area contributed by atoms with Crippen LogP contribution < -0.4 is 0 Å². The third-order valence-corrected chi connectivity index (χ3v) is 1.94. The maximum Gasteiger partial charge on any atom is 0.554 e. The summed E-state index contributed by atoms with van der Waals surface area (Å²) in [6.45, 7) is 3.73. The molecule has 0 aliphatic heterocycles. The van der Waals surface area contributed by atoms with E-state index in [9.17, 15) is 25.0 Å². The van der Waals surface area contributed by atoms with E-state index in [4.69, 9.17) is 0 Å². The Labute approximate surface area is 85.5 Å². The second-order valence-electron chi connectivity index (χ2n) is 3.12. The minimum Gasteiger partial charge on any atom is -0.455 e.